The topological polar surface area (TPSA) is 86.8 Å². The number of nitrogens with zero attached hydrogens (tertiary/aromatic N) is 2. The molecule has 0 saturated carbocycles. The number of sulfonamides is 1. The predicted molar refractivity (Wildman–Crippen MR) is 137 cm³/mol. The monoisotopic (exact) mass is 511 g/mol. The number of carbonyl (C=O) groups excluding carboxylic acids is 2. The van der Waals surface area contributed by atoms with E-state index in [4.69, 9.17) is 0 Å². The summed E-state index contributed by atoms with van der Waals surface area (Å²) >= 11 is 0. The lowest BCUT2D eigenvalue weighted by Gasteiger charge is -2.32. The number of amides is 2. The first-order valence-electron chi connectivity index (χ1n) is 11.6. The SMILES string of the molecule is CCNC(=O)[C@H](C)N(Cc1ccccc1C)C(=O)CN(c1ccccc1F)S(=O)(=O)c1ccccc1. The normalized spacial score (nSPS) is 12.0. The van der Waals surface area contributed by atoms with Gasteiger partial charge in [0.15, 0.2) is 0 Å². The minimum absolute atomic E-state index is 0.0803. The van der Waals surface area contributed by atoms with Crippen molar-refractivity contribution in [3.63, 3.8) is 0 Å². The Hall–Kier alpha value is -3.72. The summed E-state index contributed by atoms with van der Waals surface area (Å²) in [5.41, 5.74) is 1.47. The van der Waals surface area contributed by atoms with E-state index in [-0.39, 0.29) is 23.0 Å². The largest absolute Gasteiger partial charge is 0.355 e. The van der Waals surface area contributed by atoms with E-state index in [1.807, 2.05) is 31.2 Å². The van der Waals surface area contributed by atoms with Crippen LogP contribution in [0.3, 0.4) is 0 Å². The van der Waals surface area contributed by atoms with Crippen LogP contribution in [0.2, 0.25) is 0 Å². The highest BCUT2D eigenvalue weighted by Gasteiger charge is 2.33. The van der Waals surface area contributed by atoms with E-state index in [9.17, 15) is 22.4 Å². The van der Waals surface area contributed by atoms with Crippen LogP contribution in [0.1, 0.15) is 25.0 Å². The molecule has 0 unspecified atom stereocenters. The van der Waals surface area contributed by atoms with E-state index in [1.54, 1.807) is 32.0 Å². The zero-order valence-electron chi connectivity index (χ0n) is 20.5. The summed E-state index contributed by atoms with van der Waals surface area (Å²) in [6.07, 6.45) is 0. The molecule has 3 rings (SSSR count). The fourth-order valence-electron chi connectivity index (χ4n) is 3.76. The Balaban J connectivity index is 2.04. The number of aryl methyl sites for hydroxylation is 1. The fraction of sp³-hybridized carbons (Fsp3) is 0.259. The number of halogens is 1. The van der Waals surface area contributed by atoms with E-state index in [1.165, 1.54) is 35.2 Å². The maximum Gasteiger partial charge on any atom is 0.264 e. The molecule has 3 aromatic carbocycles. The van der Waals surface area contributed by atoms with Gasteiger partial charge >= 0.3 is 0 Å². The number of rotatable bonds is 10. The maximum absolute atomic E-state index is 14.8. The highest BCUT2D eigenvalue weighted by Crippen LogP contribution is 2.27. The van der Waals surface area contributed by atoms with Crippen molar-refractivity contribution in [2.45, 2.75) is 38.3 Å². The van der Waals surface area contributed by atoms with Gasteiger partial charge in [0.25, 0.3) is 10.0 Å². The van der Waals surface area contributed by atoms with Gasteiger partial charge in [-0.3, -0.25) is 13.9 Å². The highest BCUT2D eigenvalue weighted by atomic mass is 32.2. The van der Waals surface area contributed by atoms with Crippen LogP contribution in [-0.4, -0.2) is 44.3 Å². The van der Waals surface area contributed by atoms with E-state index >= 15 is 0 Å². The molecule has 0 heterocycles. The molecule has 3 aromatic rings. The van der Waals surface area contributed by atoms with Crippen molar-refractivity contribution >= 4 is 27.5 Å². The first-order valence-corrected chi connectivity index (χ1v) is 13.0. The molecule has 0 aliphatic carbocycles. The Morgan fingerprint density at radius 1 is 0.944 bits per heavy atom. The summed E-state index contributed by atoms with van der Waals surface area (Å²) in [6.45, 7) is 5.01. The number of anilines is 1. The Morgan fingerprint density at radius 3 is 2.19 bits per heavy atom. The first-order chi connectivity index (χ1) is 17.2. The third kappa shape index (κ3) is 6.09. The lowest BCUT2D eigenvalue weighted by molar-refractivity contribution is -0.139. The van der Waals surface area contributed by atoms with Crippen molar-refractivity contribution in [3.8, 4) is 0 Å². The molecule has 0 radical (unpaired) electrons. The van der Waals surface area contributed by atoms with Gasteiger partial charge < -0.3 is 10.2 Å². The zero-order chi connectivity index (χ0) is 26.3. The number of carbonyl (C=O) groups is 2. The Morgan fingerprint density at radius 2 is 1.56 bits per heavy atom. The number of benzene rings is 3. The molecule has 0 aliphatic rings. The first kappa shape index (κ1) is 26.9. The third-order valence-corrected chi connectivity index (χ3v) is 7.63. The van der Waals surface area contributed by atoms with Crippen LogP contribution in [-0.2, 0) is 26.2 Å². The molecule has 1 atom stereocenters. The second kappa shape index (κ2) is 11.8. The van der Waals surface area contributed by atoms with Gasteiger partial charge in [-0.15, -0.1) is 0 Å². The second-order valence-electron chi connectivity index (χ2n) is 8.29. The molecule has 0 aliphatic heterocycles. The van der Waals surface area contributed by atoms with Crippen molar-refractivity contribution in [1.29, 1.82) is 0 Å². The summed E-state index contributed by atoms with van der Waals surface area (Å²) in [7, 11) is -4.30. The van der Waals surface area contributed by atoms with E-state index in [2.05, 4.69) is 5.32 Å². The van der Waals surface area contributed by atoms with Crippen LogP contribution in [0.15, 0.2) is 83.8 Å². The van der Waals surface area contributed by atoms with Gasteiger partial charge in [-0.25, -0.2) is 12.8 Å². The van der Waals surface area contributed by atoms with Gasteiger partial charge in [-0.05, 0) is 56.2 Å². The third-order valence-electron chi connectivity index (χ3n) is 5.85. The molecule has 0 aromatic heterocycles. The molecule has 0 bridgehead atoms. The molecule has 36 heavy (non-hydrogen) atoms. The summed E-state index contributed by atoms with van der Waals surface area (Å²) in [4.78, 5) is 27.6. The van der Waals surface area contributed by atoms with E-state index in [0.29, 0.717) is 6.54 Å². The quantitative estimate of drug-likeness (QED) is 0.448. The minimum Gasteiger partial charge on any atom is -0.355 e. The van der Waals surface area contributed by atoms with E-state index < -0.39 is 34.3 Å². The number of hydrogen-bond acceptors (Lipinski definition) is 4. The van der Waals surface area contributed by atoms with Crippen LogP contribution in [0.4, 0.5) is 10.1 Å². The van der Waals surface area contributed by atoms with E-state index in [0.717, 1.165) is 21.5 Å². The van der Waals surface area contributed by atoms with Crippen molar-refractivity contribution in [2.75, 3.05) is 17.4 Å². The standard InChI is InChI=1S/C27H30FN3O4S/c1-4-29-27(33)21(3)30(18-22-13-9-8-12-20(22)2)26(32)19-31(25-17-11-10-16-24(25)28)36(34,35)23-14-6-5-7-15-23/h5-17,21H,4,18-19H2,1-3H3,(H,29,33)/t21-/m0/s1. The predicted octanol–water partition coefficient (Wildman–Crippen LogP) is 3.88. The molecule has 1 N–H and O–H groups in total. The van der Waals surface area contributed by atoms with Gasteiger partial charge in [0, 0.05) is 13.1 Å². The van der Waals surface area contributed by atoms with Crippen molar-refractivity contribution in [3.05, 3.63) is 95.8 Å². The summed E-state index contributed by atoms with van der Waals surface area (Å²) in [6, 6.07) is 19.5. The van der Waals surface area contributed by atoms with Gasteiger partial charge in [0.1, 0.15) is 18.4 Å². The molecule has 0 fully saturated rings. The average molecular weight is 512 g/mol. The Bertz CT molecular complexity index is 1320. The highest BCUT2D eigenvalue weighted by molar-refractivity contribution is 7.92. The number of para-hydroxylation sites is 1. The van der Waals surface area contributed by atoms with Crippen molar-refractivity contribution in [2.24, 2.45) is 0 Å². The van der Waals surface area contributed by atoms with Gasteiger partial charge in [-0.2, -0.15) is 0 Å². The molecule has 0 spiro atoms. The van der Waals surface area contributed by atoms with Crippen LogP contribution >= 0.6 is 0 Å². The molecule has 7 nitrogen and oxygen atoms in total. The fourth-order valence-corrected chi connectivity index (χ4v) is 5.21. The molecular formula is C27H30FN3O4S. The van der Waals surface area contributed by atoms with Gasteiger partial charge in [0.2, 0.25) is 11.8 Å². The average Bonchev–Trinajstić information content (AvgIpc) is 2.87. The van der Waals surface area contributed by atoms with Crippen LogP contribution < -0.4 is 9.62 Å². The Kier molecular flexibility index (Phi) is 8.82. The molecule has 2 amide bonds. The molecular weight excluding hydrogens is 481 g/mol. The van der Waals surface area contributed by atoms with Crippen LogP contribution in [0.5, 0.6) is 0 Å². The van der Waals surface area contributed by atoms with Crippen LogP contribution in [0, 0.1) is 12.7 Å². The van der Waals surface area contributed by atoms with Gasteiger partial charge in [0.05, 0.1) is 10.6 Å². The smallest absolute Gasteiger partial charge is 0.264 e. The number of hydrogen-bond donors (Lipinski definition) is 1. The lowest BCUT2D eigenvalue weighted by atomic mass is 10.1. The van der Waals surface area contributed by atoms with Crippen molar-refractivity contribution in [1.82, 2.24) is 10.2 Å². The summed E-state index contributed by atoms with van der Waals surface area (Å²) in [5.74, 6) is -1.80. The number of likely N-dealkylation sites (N-methyl/N-ethyl adjacent to an activating group) is 1. The Labute approximate surface area is 211 Å². The summed E-state index contributed by atoms with van der Waals surface area (Å²) < 4.78 is 42.7. The molecule has 190 valence electrons. The minimum atomic E-state index is -4.30. The zero-order valence-corrected chi connectivity index (χ0v) is 21.3. The molecule has 0 saturated heterocycles. The summed E-state index contributed by atoms with van der Waals surface area (Å²) in [5, 5.41) is 2.71. The van der Waals surface area contributed by atoms with Gasteiger partial charge in [-0.1, -0.05) is 54.6 Å². The maximum atomic E-state index is 14.8. The second-order valence-corrected chi connectivity index (χ2v) is 10.2. The lowest BCUT2D eigenvalue weighted by Crippen LogP contribution is -2.51. The number of nitrogens with one attached hydrogen (secondary N) is 1. The van der Waals surface area contributed by atoms with Crippen LogP contribution in [0.25, 0.3) is 0 Å². The molecule has 9 heteroatoms. The van der Waals surface area contributed by atoms with Crippen molar-refractivity contribution < 1.29 is 22.4 Å².